The summed E-state index contributed by atoms with van der Waals surface area (Å²) in [6.45, 7) is 4.50. The van der Waals surface area contributed by atoms with Gasteiger partial charge in [-0.1, -0.05) is 42.5 Å². The summed E-state index contributed by atoms with van der Waals surface area (Å²) in [6, 6.07) is 17.3. The van der Waals surface area contributed by atoms with Gasteiger partial charge in [0, 0.05) is 19.0 Å². The van der Waals surface area contributed by atoms with Gasteiger partial charge in [-0.3, -0.25) is 9.10 Å². The van der Waals surface area contributed by atoms with Gasteiger partial charge in [-0.25, -0.2) is 8.42 Å². The number of sulfonamides is 1. The third kappa shape index (κ3) is 7.71. The zero-order chi connectivity index (χ0) is 22.0. The highest BCUT2D eigenvalue weighted by Gasteiger charge is 2.21. The SMILES string of the molecule is CCOc1ccccc1N(CCCC(=O)NC(C)CCc1ccccc1)S(C)(=O)=O. The van der Waals surface area contributed by atoms with Gasteiger partial charge in [0.1, 0.15) is 5.75 Å². The van der Waals surface area contributed by atoms with Crippen LogP contribution in [0.4, 0.5) is 5.69 Å². The minimum absolute atomic E-state index is 0.0578. The van der Waals surface area contributed by atoms with Crippen molar-refractivity contribution in [2.24, 2.45) is 0 Å². The molecule has 1 atom stereocenters. The Morgan fingerprint density at radius 3 is 2.43 bits per heavy atom. The van der Waals surface area contributed by atoms with E-state index in [1.54, 1.807) is 24.3 Å². The van der Waals surface area contributed by atoms with Crippen molar-refractivity contribution in [3.8, 4) is 5.75 Å². The zero-order valence-electron chi connectivity index (χ0n) is 18.0. The van der Waals surface area contributed by atoms with Crippen molar-refractivity contribution < 1.29 is 17.9 Å². The lowest BCUT2D eigenvalue weighted by Crippen LogP contribution is -2.35. The number of amides is 1. The second-order valence-corrected chi connectivity index (χ2v) is 9.24. The van der Waals surface area contributed by atoms with Crippen molar-refractivity contribution >= 4 is 21.6 Å². The van der Waals surface area contributed by atoms with Crippen molar-refractivity contribution in [2.75, 3.05) is 23.7 Å². The molecule has 1 amide bonds. The molecule has 2 aromatic carbocycles. The molecule has 2 rings (SSSR count). The summed E-state index contributed by atoms with van der Waals surface area (Å²) in [4.78, 5) is 12.3. The Morgan fingerprint density at radius 1 is 1.10 bits per heavy atom. The van der Waals surface area contributed by atoms with E-state index in [1.165, 1.54) is 16.1 Å². The Morgan fingerprint density at radius 2 is 1.77 bits per heavy atom. The number of ether oxygens (including phenoxy) is 1. The predicted octanol–water partition coefficient (Wildman–Crippen LogP) is 3.77. The summed E-state index contributed by atoms with van der Waals surface area (Å²) in [6.07, 6.45) is 3.61. The lowest BCUT2D eigenvalue weighted by Gasteiger charge is -2.24. The molecule has 1 unspecified atom stereocenters. The van der Waals surface area contributed by atoms with Gasteiger partial charge in [0.05, 0.1) is 18.6 Å². The molecule has 0 aromatic heterocycles. The molecule has 0 spiro atoms. The summed E-state index contributed by atoms with van der Waals surface area (Å²) in [7, 11) is -3.50. The Hall–Kier alpha value is -2.54. The minimum Gasteiger partial charge on any atom is -0.492 e. The fourth-order valence-corrected chi connectivity index (χ4v) is 4.20. The minimum atomic E-state index is -3.50. The molecule has 1 N–H and O–H groups in total. The largest absolute Gasteiger partial charge is 0.492 e. The first-order valence-electron chi connectivity index (χ1n) is 10.3. The van der Waals surface area contributed by atoms with Crippen LogP contribution in [0.1, 0.15) is 38.7 Å². The van der Waals surface area contributed by atoms with Crippen molar-refractivity contribution in [1.82, 2.24) is 5.32 Å². The summed E-state index contributed by atoms with van der Waals surface area (Å²) < 4.78 is 31.5. The number of nitrogens with one attached hydrogen (secondary N) is 1. The number of anilines is 1. The van der Waals surface area contributed by atoms with Crippen molar-refractivity contribution in [1.29, 1.82) is 0 Å². The van der Waals surface area contributed by atoms with E-state index in [2.05, 4.69) is 17.4 Å². The van der Waals surface area contributed by atoms with Gasteiger partial charge in [0.25, 0.3) is 0 Å². The van der Waals surface area contributed by atoms with E-state index in [4.69, 9.17) is 4.74 Å². The maximum atomic E-state index is 12.3. The molecule has 7 heteroatoms. The van der Waals surface area contributed by atoms with Crippen LogP contribution in [-0.4, -0.2) is 39.8 Å². The van der Waals surface area contributed by atoms with Crippen LogP contribution in [0.25, 0.3) is 0 Å². The van der Waals surface area contributed by atoms with Crippen LogP contribution in [0.5, 0.6) is 5.75 Å². The molecule has 0 fully saturated rings. The number of carbonyl (C=O) groups is 1. The average Bonchev–Trinajstić information content (AvgIpc) is 2.70. The summed E-state index contributed by atoms with van der Waals surface area (Å²) in [5.74, 6) is 0.450. The number of hydrogen-bond donors (Lipinski definition) is 1. The first-order chi connectivity index (χ1) is 14.3. The lowest BCUT2D eigenvalue weighted by atomic mass is 10.1. The average molecular weight is 433 g/mol. The molecule has 2 aromatic rings. The number of nitrogens with zero attached hydrogens (tertiary/aromatic N) is 1. The van der Waals surface area contributed by atoms with E-state index in [0.717, 1.165) is 12.8 Å². The first kappa shape index (κ1) is 23.7. The van der Waals surface area contributed by atoms with Gasteiger partial charge in [-0.05, 0) is 50.8 Å². The molecule has 0 aliphatic rings. The summed E-state index contributed by atoms with van der Waals surface area (Å²) >= 11 is 0. The molecule has 164 valence electrons. The zero-order valence-corrected chi connectivity index (χ0v) is 18.8. The maximum Gasteiger partial charge on any atom is 0.232 e. The highest BCUT2D eigenvalue weighted by molar-refractivity contribution is 7.92. The van der Waals surface area contributed by atoms with E-state index < -0.39 is 10.0 Å². The van der Waals surface area contributed by atoms with E-state index in [1.807, 2.05) is 32.0 Å². The monoisotopic (exact) mass is 432 g/mol. The number of hydrogen-bond acceptors (Lipinski definition) is 4. The molecular formula is C23H32N2O4S. The van der Waals surface area contributed by atoms with Crippen LogP contribution in [0.15, 0.2) is 54.6 Å². The normalized spacial score (nSPS) is 12.2. The fourth-order valence-electron chi connectivity index (χ4n) is 3.24. The summed E-state index contributed by atoms with van der Waals surface area (Å²) in [5, 5.41) is 3.00. The van der Waals surface area contributed by atoms with E-state index >= 15 is 0 Å². The fraction of sp³-hybridized carbons (Fsp3) is 0.435. The van der Waals surface area contributed by atoms with Crippen LogP contribution in [0.2, 0.25) is 0 Å². The molecule has 0 bridgehead atoms. The van der Waals surface area contributed by atoms with Gasteiger partial charge >= 0.3 is 0 Å². The molecule has 6 nitrogen and oxygen atoms in total. The number of aryl methyl sites for hydroxylation is 1. The lowest BCUT2D eigenvalue weighted by molar-refractivity contribution is -0.121. The molecule has 0 saturated heterocycles. The van der Waals surface area contributed by atoms with Crippen molar-refractivity contribution in [3.05, 3.63) is 60.2 Å². The third-order valence-corrected chi connectivity index (χ3v) is 5.90. The van der Waals surface area contributed by atoms with Crippen molar-refractivity contribution in [2.45, 2.75) is 45.6 Å². The Labute approximate surface area is 180 Å². The summed E-state index contributed by atoms with van der Waals surface area (Å²) in [5.41, 5.74) is 1.74. The van der Waals surface area contributed by atoms with Crippen molar-refractivity contribution in [3.63, 3.8) is 0 Å². The maximum absolute atomic E-state index is 12.3. The smallest absolute Gasteiger partial charge is 0.232 e. The number of carbonyl (C=O) groups excluding carboxylic acids is 1. The van der Waals surface area contributed by atoms with Crippen LogP contribution < -0.4 is 14.4 Å². The Kier molecular flexibility index (Phi) is 9.17. The topological polar surface area (TPSA) is 75.7 Å². The van der Waals surface area contributed by atoms with Crippen LogP contribution in [-0.2, 0) is 21.2 Å². The molecule has 0 radical (unpaired) electrons. The highest BCUT2D eigenvalue weighted by Crippen LogP contribution is 2.30. The van der Waals surface area contributed by atoms with Gasteiger partial charge in [-0.15, -0.1) is 0 Å². The second kappa shape index (κ2) is 11.6. The Balaban J connectivity index is 1.87. The van der Waals surface area contributed by atoms with E-state index in [-0.39, 0.29) is 24.9 Å². The highest BCUT2D eigenvalue weighted by atomic mass is 32.2. The van der Waals surface area contributed by atoms with E-state index in [0.29, 0.717) is 24.5 Å². The van der Waals surface area contributed by atoms with Crippen LogP contribution in [0.3, 0.4) is 0 Å². The number of para-hydroxylation sites is 2. The number of benzene rings is 2. The molecule has 0 heterocycles. The third-order valence-electron chi connectivity index (χ3n) is 4.72. The van der Waals surface area contributed by atoms with E-state index in [9.17, 15) is 13.2 Å². The van der Waals surface area contributed by atoms with Gasteiger partial charge < -0.3 is 10.1 Å². The first-order valence-corrected chi connectivity index (χ1v) is 12.2. The molecule has 0 aliphatic heterocycles. The second-order valence-electron chi connectivity index (χ2n) is 7.33. The van der Waals surface area contributed by atoms with Gasteiger partial charge in [0.15, 0.2) is 0 Å². The van der Waals surface area contributed by atoms with Crippen LogP contribution in [0, 0.1) is 0 Å². The molecule has 30 heavy (non-hydrogen) atoms. The quantitative estimate of drug-likeness (QED) is 0.554. The van der Waals surface area contributed by atoms with Gasteiger partial charge in [-0.2, -0.15) is 0 Å². The predicted molar refractivity (Wildman–Crippen MR) is 121 cm³/mol. The molecule has 0 saturated carbocycles. The van der Waals surface area contributed by atoms with Gasteiger partial charge in [0.2, 0.25) is 15.9 Å². The molecular weight excluding hydrogens is 400 g/mol. The standard InChI is InChI=1S/C23H32N2O4S/c1-4-29-22-14-9-8-13-21(22)25(30(3,27)28)18-10-15-23(26)24-19(2)16-17-20-11-6-5-7-12-20/h5-9,11-14,19H,4,10,15-18H2,1-3H3,(H,24,26). The Bertz CT molecular complexity index is 900. The number of rotatable bonds is 12. The van der Waals surface area contributed by atoms with Crippen LogP contribution >= 0.6 is 0 Å². The molecule has 0 aliphatic carbocycles.